The van der Waals surface area contributed by atoms with E-state index in [1.54, 1.807) is 0 Å². The van der Waals surface area contributed by atoms with Gasteiger partial charge >= 0.3 is 0 Å². The third-order valence-electron chi connectivity index (χ3n) is 10.7. The smallest absolute Gasteiger partial charge is 0.144 e. The first-order chi connectivity index (χ1) is 27.0. The summed E-state index contributed by atoms with van der Waals surface area (Å²) in [5.41, 5.74) is 14.0. The largest absolute Gasteiger partial charge is 0.457 e. The van der Waals surface area contributed by atoms with Crippen LogP contribution in [0.25, 0.3) is 44.6 Å². The highest BCUT2D eigenvalue weighted by molar-refractivity contribution is 6.13. The predicted molar refractivity (Wildman–Crippen MR) is 226 cm³/mol. The number of ether oxygens (including phenoxy) is 1. The fourth-order valence-corrected chi connectivity index (χ4v) is 8.54. The van der Waals surface area contributed by atoms with Crippen molar-refractivity contribution in [1.82, 2.24) is 14.1 Å². The molecule has 10 rings (SSSR count). The van der Waals surface area contributed by atoms with Crippen molar-refractivity contribution in [3.8, 4) is 34.3 Å². The maximum absolute atomic E-state index is 6.61. The molecule has 9 aromatic rings. The lowest BCUT2D eigenvalue weighted by Gasteiger charge is -2.25. The van der Waals surface area contributed by atoms with Gasteiger partial charge in [0.1, 0.15) is 24.0 Å². The average Bonchev–Trinajstić information content (AvgIpc) is 3.93. The van der Waals surface area contributed by atoms with Crippen LogP contribution in [0.15, 0.2) is 170 Å². The summed E-state index contributed by atoms with van der Waals surface area (Å²) in [4.78, 5) is 9.68. The van der Waals surface area contributed by atoms with E-state index in [4.69, 9.17) is 9.72 Å². The molecule has 3 heterocycles. The van der Waals surface area contributed by atoms with E-state index in [9.17, 15) is 0 Å². The van der Waals surface area contributed by atoms with Crippen molar-refractivity contribution >= 4 is 44.6 Å². The number of para-hydroxylation sites is 4. The van der Waals surface area contributed by atoms with Gasteiger partial charge in [-0.2, -0.15) is 0 Å². The molecule has 55 heavy (non-hydrogen) atoms. The van der Waals surface area contributed by atoms with Crippen molar-refractivity contribution in [2.45, 2.75) is 20.8 Å². The zero-order valence-corrected chi connectivity index (χ0v) is 31.0. The lowest BCUT2D eigenvalue weighted by molar-refractivity contribution is 0.483. The second kappa shape index (κ2) is 13.1. The summed E-state index contributed by atoms with van der Waals surface area (Å²) >= 11 is 0. The molecule has 0 aliphatic carbocycles. The minimum Gasteiger partial charge on any atom is -0.457 e. The quantitative estimate of drug-likeness (QED) is 0.165. The van der Waals surface area contributed by atoms with Crippen molar-refractivity contribution in [2.24, 2.45) is 0 Å². The van der Waals surface area contributed by atoms with E-state index in [1.807, 2.05) is 30.6 Å². The van der Waals surface area contributed by atoms with Crippen LogP contribution < -0.4 is 14.5 Å². The van der Waals surface area contributed by atoms with Crippen molar-refractivity contribution < 1.29 is 4.74 Å². The Bertz CT molecular complexity index is 2860. The second-order valence-corrected chi connectivity index (χ2v) is 14.3. The fraction of sp³-hybridized carbons (Fsp3) is 0.0816. The Labute approximate surface area is 320 Å². The molecule has 0 bridgehead atoms. The topological polar surface area (TPSA) is 38.5 Å². The van der Waals surface area contributed by atoms with Crippen LogP contribution in [0.2, 0.25) is 0 Å². The Balaban J connectivity index is 0.983. The molecule has 0 saturated heterocycles. The van der Waals surface area contributed by atoms with Crippen LogP contribution in [0.1, 0.15) is 16.7 Å². The second-order valence-electron chi connectivity index (χ2n) is 14.3. The summed E-state index contributed by atoms with van der Waals surface area (Å²) < 4.78 is 11.1. The van der Waals surface area contributed by atoms with Crippen LogP contribution in [0.3, 0.4) is 0 Å². The van der Waals surface area contributed by atoms with E-state index < -0.39 is 0 Å². The molecule has 7 aromatic carbocycles. The van der Waals surface area contributed by atoms with Gasteiger partial charge in [-0.05, 0) is 98.6 Å². The van der Waals surface area contributed by atoms with E-state index in [0.717, 1.165) is 45.5 Å². The van der Waals surface area contributed by atoms with Gasteiger partial charge in [0.2, 0.25) is 0 Å². The van der Waals surface area contributed by atoms with Crippen LogP contribution >= 0.6 is 0 Å². The highest BCUT2D eigenvalue weighted by Gasteiger charge is 2.29. The number of hydrogen-bond acceptors (Lipinski definition) is 4. The van der Waals surface area contributed by atoms with Crippen LogP contribution in [0.4, 0.5) is 22.7 Å². The van der Waals surface area contributed by atoms with Crippen molar-refractivity contribution in [1.29, 1.82) is 0 Å². The summed E-state index contributed by atoms with van der Waals surface area (Å²) in [5.74, 6) is 2.37. The van der Waals surface area contributed by atoms with Gasteiger partial charge in [-0.3, -0.25) is 4.57 Å². The number of aryl methyl sites for hydroxylation is 3. The lowest BCUT2D eigenvalue weighted by atomic mass is 10.0. The van der Waals surface area contributed by atoms with E-state index in [0.29, 0.717) is 6.67 Å². The molecule has 0 amide bonds. The Kier molecular flexibility index (Phi) is 7.77. The Morgan fingerprint density at radius 3 is 2.00 bits per heavy atom. The number of aromatic nitrogens is 3. The van der Waals surface area contributed by atoms with Gasteiger partial charge in [-0.15, -0.1) is 0 Å². The zero-order chi connectivity index (χ0) is 37.0. The van der Waals surface area contributed by atoms with E-state index in [-0.39, 0.29) is 0 Å². The third-order valence-corrected chi connectivity index (χ3v) is 10.7. The number of benzene rings is 7. The summed E-state index contributed by atoms with van der Waals surface area (Å²) in [6, 6.07) is 55.5. The highest BCUT2D eigenvalue weighted by Crippen LogP contribution is 2.46. The van der Waals surface area contributed by atoms with Crippen LogP contribution in [0, 0.1) is 20.8 Å². The molecule has 0 atom stereocenters. The molecule has 1 aliphatic heterocycles. The molecule has 2 aromatic heterocycles. The van der Waals surface area contributed by atoms with Crippen LogP contribution in [-0.4, -0.2) is 20.8 Å². The first-order valence-corrected chi connectivity index (χ1v) is 18.7. The van der Waals surface area contributed by atoms with E-state index in [2.05, 4.69) is 179 Å². The first-order valence-electron chi connectivity index (χ1n) is 18.7. The maximum atomic E-state index is 6.61. The molecule has 6 heteroatoms. The van der Waals surface area contributed by atoms with Crippen LogP contribution in [0.5, 0.6) is 11.5 Å². The van der Waals surface area contributed by atoms with Gasteiger partial charge < -0.3 is 19.1 Å². The molecule has 0 unspecified atom stereocenters. The molecule has 0 saturated carbocycles. The minimum absolute atomic E-state index is 0.711. The molecule has 0 fully saturated rings. The molecule has 1 aliphatic rings. The molecular formula is C49H39N5O. The van der Waals surface area contributed by atoms with Crippen molar-refractivity contribution in [3.63, 3.8) is 0 Å². The van der Waals surface area contributed by atoms with Gasteiger partial charge in [0.15, 0.2) is 0 Å². The number of imidazole rings is 1. The standard InChI is InChI=1S/C49H39N5O/c1-33-28-34(2)48(35(3)29-33)53-32-52(43-22-9-10-23-44(43)53)38-17-12-19-40(31-38)55-39-18-11-14-36(30-39)49-50-26-27-51(49)45-24-13-25-46-47(45)41-20-7-8-21-42(41)54(46)37-15-5-4-6-16-37/h4-31H,32H2,1-3H3. The van der Waals surface area contributed by atoms with E-state index >= 15 is 0 Å². The number of rotatable bonds is 7. The zero-order valence-electron chi connectivity index (χ0n) is 31.0. The predicted octanol–water partition coefficient (Wildman–Crippen LogP) is 12.6. The Morgan fingerprint density at radius 1 is 0.545 bits per heavy atom. The van der Waals surface area contributed by atoms with Gasteiger partial charge in [-0.25, -0.2) is 4.98 Å². The SMILES string of the molecule is Cc1cc(C)c(N2CN(c3cccc(Oc4cccc(-c5nccn5-c5cccc6c5c5ccccc5n6-c5ccccc5)c4)c3)c3ccccc32)c(C)c1. The summed E-state index contributed by atoms with van der Waals surface area (Å²) in [7, 11) is 0. The normalized spacial score (nSPS) is 12.5. The highest BCUT2D eigenvalue weighted by atomic mass is 16.5. The molecular weight excluding hydrogens is 675 g/mol. The third kappa shape index (κ3) is 5.53. The molecule has 266 valence electrons. The summed E-state index contributed by atoms with van der Waals surface area (Å²) in [6.07, 6.45) is 3.92. The van der Waals surface area contributed by atoms with Crippen molar-refractivity contribution in [3.05, 3.63) is 187 Å². The number of fused-ring (bicyclic) bond motifs is 4. The lowest BCUT2D eigenvalue weighted by Crippen LogP contribution is -2.25. The van der Waals surface area contributed by atoms with Crippen molar-refractivity contribution in [2.75, 3.05) is 16.5 Å². The summed E-state index contributed by atoms with van der Waals surface area (Å²) in [5, 5.41) is 2.38. The first kappa shape index (κ1) is 32.6. The summed E-state index contributed by atoms with van der Waals surface area (Å²) in [6.45, 7) is 7.29. The Hall–Kier alpha value is -7.05. The van der Waals surface area contributed by atoms with Gasteiger partial charge in [0.05, 0.1) is 28.1 Å². The monoisotopic (exact) mass is 713 g/mol. The molecule has 0 N–H and O–H groups in total. The van der Waals surface area contributed by atoms with Gasteiger partial charge in [0.25, 0.3) is 0 Å². The molecule has 0 spiro atoms. The number of hydrogen-bond donors (Lipinski definition) is 0. The maximum Gasteiger partial charge on any atom is 0.144 e. The number of nitrogens with zero attached hydrogens (tertiary/aromatic N) is 5. The average molecular weight is 714 g/mol. The Morgan fingerprint density at radius 2 is 1.18 bits per heavy atom. The molecule has 6 nitrogen and oxygen atoms in total. The van der Waals surface area contributed by atoms with E-state index in [1.165, 1.54) is 50.0 Å². The van der Waals surface area contributed by atoms with Gasteiger partial charge in [0, 0.05) is 51.9 Å². The van der Waals surface area contributed by atoms with Gasteiger partial charge in [-0.1, -0.05) is 90.5 Å². The number of anilines is 4. The fourth-order valence-electron chi connectivity index (χ4n) is 8.54. The van der Waals surface area contributed by atoms with Crippen LogP contribution in [-0.2, 0) is 0 Å². The minimum atomic E-state index is 0.711. The molecule has 0 radical (unpaired) electrons.